The Hall–Kier alpha value is -1.11. The average molecular weight is 330 g/mol. The first-order valence-electron chi connectivity index (χ1n) is 7.61. The Balaban J connectivity index is 0. The first kappa shape index (κ1) is 23.2. The minimum absolute atomic E-state index is 0.0324. The predicted octanol–water partition coefficient (Wildman–Crippen LogP) is 3.68. The zero-order valence-corrected chi connectivity index (χ0v) is 15.6. The molecule has 128 valence electrons. The first-order chi connectivity index (χ1) is 10.4. The fourth-order valence-electron chi connectivity index (χ4n) is 1.15. The second-order valence-electron chi connectivity index (χ2n) is 4.57. The molecule has 0 aliphatic carbocycles. The average Bonchev–Trinajstić information content (AvgIpc) is 2.50. The molecule has 0 saturated heterocycles. The topological polar surface area (TPSA) is 71.5 Å². The summed E-state index contributed by atoms with van der Waals surface area (Å²) in [7, 11) is 0. The molecular formula is C16H30N2O3S. The van der Waals surface area contributed by atoms with Gasteiger partial charge in [-0.05, 0) is 12.1 Å². The monoisotopic (exact) mass is 330 g/mol. The van der Waals surface area contributed by atoms with Gasteiger partial charge in [0.15, 0.2) is 0 Å². The van der Waals surface area contributed by atoms with Crippen molar-refractivity contribution in [3.63, 3.8) is 0 Å². The number of nitrogens with zero attached hydrogens (tertiary/aromatic N) is 1. The molecule has 0 spiro atoms. The Morgan fingerprint density at radius 3 is 2.41 bits per heavy atom. The Bertz CT molecular complexity index is 407. The van der Waals surface area contributed by atoms with Crippen LogP contribution in [0.3, 0.4) is 0 Å². The summed E-state index contributed by atoms with van der Waals surface area (Å²) in [4.78, 5) is 20.9. The normalized spacial score (nSPS) is 9.82. The third kappa shape index (κ3) is 10.6. The van der Waals surface area contributed by atoms with Gasteiger partial charge in [-0.1, -0.05) is 60.2 Å². The minimum Gasteiger partial charge on any atom is -0.394 e. The summed E-state index contributed by atoms with van der Waals surface area (Å²) < 4.78 is -0.0324. The predicted molar refractivity (Wildman–Crippen MR) is 93.0 cm³/mol. The van der Waals surface area contributed by atoms with Crippen LogP contribution in [0.4, 0.5) is 0 Å². The molecule has 1 amide bonds. The second kappa shape index (κ2) is 13.5. The molecule has 6 heteroatoms. The standard InChI is InChI=1S/C12H18N2O3S.2C2H6/c1-12(2,3)18-11-9(5-4-6-13-11)10(16)14-17-8-7-15;2*1-2/h4-6,15H,7-8H2,1-3H3,(H,14,16);2*1-2H3. The lowest BCUT2D eigenvalue weighted by Crippen LogP contribution is -2.26. The van der Waals surface area contributed by atoms with E-state index in [0.29, 0.717) is 10.6 Å². The Morgan fingerprint density at radius 2 is 1.91 bits per heavy atom. The Morgan fingerprint density at radius 1 is 1.32 bits per heavy atom. The number of carbonyl (C=O) groups excluding carboxylic acids is 1. The molecule has 0 aliphatic rings. The molecule has 2 N–H and O–H groups in total. The number of amides is 1. The summed E-state index contributed by atoms with van der Waals surface area (Å²) >= 11 is 1.52. The van der Waals surface area contributed by atoms with E-state index in [4.69, 9.17) is 9.94 Å². The van der Waals surface area contributed by atoms with Crippen LogP contribution < -0.4 is 5.48 Å². The number of hydrogen-bond acceptors (Lipinski definition) is 5. The third-order valence-corrected chi connectivity index (χ3v) is 2.91. The summed E-state index contributed by atoms with van der Waals surface area (Å²) in [6.07, 6.45) is 1.65. The number of rotatable bonds is 5. The number of nitrogens with one attached hydrogen (secondary N) is 1. The fourth-order valence-corrected chi connectivity index (χ4v) is 2.12. The van der Waals surface area contributed by atoms with Gasteiger partial charge >= 0.3 is 0 Å². The van der Waals surface area contributed by atoms with Crippen LogP contribution in [-0.4, -0.2) is 34.0 Å². The third-order valence-electron chi connectivity index (χ3n) is 1.78. The smallest absolute Gasteiger partial charge is 0.277 e. The lowest BCUT2D eigenvalue weighted by atomic mass is 10.2. The molecule has 0 atom stereocenters. The molecule has 0 aliphatic heterocycles. The molecule has 5 nitrogen and oxygen atoms in total. The lowest BCUT2D eigenvalue weighted by molar-refractivity contribution is 0.0165. The molecular weight excluding hydrogens is 300 g/mol. The van der Waals surface area contributed by atoms with E-state index in [1.54, 1.807) is 18.3 Å². The van der Waals surface area contributed by atoms with Crippen LogP contribution in [0.1, 0.15) is 58.8 Å². The summed E-state index contributed by atoms with van der Waals surface area (Å²) in [5, 5.41) is 9.23. The Labute approximate surface area is 138 Å². The van der Waals surface area contributed by atoms with E-state index in [2.05, 4.69) is 31.2 Å². The number of hydroxylamine groups is 1. The maximum Gasteiger partial charge on any atom is 0.277 e. The fraction of sp³-hybridized carbons (Fsp3) is 0.625. The molecule has 1 aromatic rings. The molecule has 22 heavy (non-hydrogen) atoms. The number of aliphatic hydroxyl groups is 1. The van der Waals surface area contributed by atoms with Crippen molar-refractivity contribution in [2.45, 2.75) is 58.2 Å². The van der Waals surface area contributed by atoms with E-state index in [1.807, 2.05) is 27.7 Å². The summed E-state index contributed by atoms with van der Waals surface area (Å²) in [6.45, 7) is 14.1. The van der Waals surface area contributed by atoms with Gasteiger partial charge in [-0.3, -0.25) is 9.63 Å². The molecule has 1 heterocycles. The van der Waals surface area contributed by atoms with Gasteiger partial charge in [0, 0.05) is 10.9 Å². The van der Waals surface area contributed by atoms with E-state index in [0.717, 1.165) is 0 Å². The number of hydrogen-bond donors (Lipinski definition) is 2. The molecule has 0 unspecified atom stereocenters. The van der Waals surface area contributed by atoms with E-state index < -0.39 is 0 Å². The van der Waals surface area contributed by atoms with Gasteiger partial charge in [-0.25, -0.2) is 10.5 Å². The second-order valence-corrected chi connectivity index (χ2v) is 6.39. The van der Waals surface area contributed by atoms with Crippen molar-refractivity contribution in [1.29, 1.82) is 0 Å². The minimum atomic E-state index is -0.358. The van der Waals surface area contributed by atoms with Gasteiger partial charge in [0.2, 0.25) is 0 Å². The van der Waals surface area contributed by atoms with Gasteiger partial charge in [-0.2, -0.15) is 0 Å². The van der Waals surface area contributed by atoms with E-state index >= 15 is 0 Å². The van der Waals surface area contributed by atoms with Crippen LogP contribution in [-0.2, 0) is 4.84 Å². The SMILES string of the molecule is CC.CC.CC(C)(C)Sc1ncccc1C(=O)NOCCO. The summed E-state index contributed by atoms with van der Waals surface area (Å²) in [5.74, 6) is -0.358. The highest BCUT2D eigenvalue weighted by atomic mass is 32.2. The van der Waals surface area contributed by atoms with E-state index in [1.165, 1.54) is 11.8 Å². The van der Waals surface area contributed by atoms with Crippen molar-refractivity contribution in [1.82, 2.24) is 10.5 Å². The highest BCUT2D eigenvalue weighted by Crippen LogP contribution is 2.32. The van der Waals surface area contributed by atoms with Crippen LogP contribution in [0.15, 0.2) is 23.4 Å². The first-order valence-corrected chi connectivity index (χ1v) is 8.43. The quantitative estimate of drug-likeness (QED) is 0.489. The zero-order valence-electron chi connectivity index (χ0n) is 14.8. The van der Waals surface area contributed by atoms with Crippen molar-refractivity contribution >= 4 is 17.7 Å². The maximum atomic E-state index is 11.9. The number of pyridine rings is 1. The molecule has 0 fully saturated rings. The van der Waals surface area contributed by atoms with Crippen molar-refractivity contribution in [3.05, 3.63) is 23.9 Å². The molecule has 1 aromatic heterocycles. The van der Waals surface area contributed by atoms with Crippen LogP contribution in [0.25, 0.3) is 0 Å². The van der Waals surface area contributed by atoms with Gasteiger partial charge in [0.25, 0.3) is 5.91 Å². The molecule has 0 saturated carbocycles. The number of carbonyl (C=O) groups is 1. The Kier molecular flexibility index (Phi) is 14.3. The van der Waals surface area contributed by atoms with Crippen LogP contribution >= 0.6 is 11.8 Å². The van der Waals surface area contributed by atoms with Gasteiger partial charge in [-0.15, -0.1) is 0 Å². The summed E-state index contributed by atoms with van der Waals surface area (Å²) in [6, 6.07) is 3.40. The highest BCUT2D eigenvalue weighted by molar-refractivity contribution is 8.00. The van der Waals surface area contributed by atoms with Crippen LogP contribution in [0.2, 0.25) is 0 Å². The molecule has 0 bridgehead atoms. The summed E-state index contributed by atoms with van der Waals surface area (Å²) in [5.41, 5.74) is 2.74. The highest BCUT2D eigenvalue weighted by Gasteiger charge is 2.19. The van der Waals surface area contributed by atoms with Crippen LogP contribution in [0.5, 0.6) is 0 Å². The van der Waals surface area contributed by atoms with Crippen molar-refractivity contribution < 1.29 is 14.7 Å². The maximum absolute atomic E-state index is 11.9. The van der Waals surface area contributed by atoms with Crippen LogP contribution in [0, 0.1) is 0 Å². The molecule has 1 rings (SSSR count). The van der Waals surface area contributed by atoms with Gasteiger partial charge in [0.1, 0.15) is 5.03 Å². The van der Waals surface area contributed by atoms with Crippen molar-refractivity contribution in [3.8, 4) is 0 Å². The van der Waals surface area contributed by atoms with Gasteiger partial charge < -0.3 is 5.11 Å². The number of aliphatic hydroxyl groups excluding tert-OH is 1. The molecule has 0 radical (unpaired) electrons. The van der Waals surface area contributed by atoms with E-state index in [-0.39, 0.29) is 23.9 Å². The number of thioether (sulfide) groups is 1. The van der Waals surface area contributed by atoms with Gasteiger partial charge in [0.05, 0.1) is 18.8 Å². The van der Waals surface area contributed by atoms with E-state index in [9.17, 15) is 4.79 Å². The lowest BCUT2D eigenvalue weighted by Gasteiger charge is -2.18. The van der Waals surface area contributed by atoms with Crippen molar-refractivity contribution in [2.75, 3.05) is 13.2 Å². The zero-order chi connectivity index (χ0) is 17.6. The largest absolute Gasteiger partial charge is 0.394 e. The van der Waals surface area contributed by atoms with Crippen molar-refractivity contribution in [2.24, 2.45) is 0 Å². The number of aromatic nitrogens is 1. The molecule has 0 aromatic carbocycles.